The minimum absolute atomic E-state index is 0.0502. The zero-order valence-electron chi connectivity index (χ0n) is 16.3. The standard InChI is InChI=1S/C22H22N2O4/c1-13-8-9-16(14(2)25)11-19(13)23-21(26)12-20-15(3)28-22(24-20)17-6-5-7-18(10-17)27-4/h5-11H,12H2,1-4H3,(H,23,26). The molecule has 1 heterocycles. The van der Waals surface area contributed by atoms with Crippen molar-refractivity contribution in [2.24, 2.45) is 0 Å². The molecule has 0 aliphatic heterocycles. The monoisotopic (exact) mass is 378 g/mol. The van der Waals surface area contributed by atoms with Crippen molar-refractivity contribution >= 4 is 17.4 Å². The first-order valence-electron chi connectivity index (χ1n) is 8.89. The maximum atomic E-state index is 12.5. The molecule has 0 spiro atoms. The number of nitrogens with zero attached hydrogens (tertiary/aromatic N) is 1. The summed E-state index contributed by atoms with van der Waals surface area (Å²) in [5.74, 6) is 1.45. The molecule has 0 bridgehead atoms. The van der Waals surface area contributed by atoms with Crippen molar-refractivity contribution in [3.8, 4) is 17.2 Å². The van der Waals surface area contributed by atoms with E-state index in [-0.39, 0.29) is 18.1 Å². The molecule has 0 unspecified atom stereocenters. The summed E-state index contributed by atoms with van der Waals surface area (Å²) in [6.45, 7) is 5.15. The summed E-state index contributed by atoms with van der Waals surface area (Å²) in [7, 11) is 1.60. The Kier molecular flexibility index (Phi) is 5.59. The Morgan fingerprint density at radius 1 is 1.14 bits per heavy atom. The van der Waals surface area contributed by atoms with Crippen LogP contribution in [0.4, 0.5) is 5.69 Å². The maximum absolute atomic E-state index is 12.5. The first-order chi connectivity index (χ1) is 13.4. The maximum Gasteiger partial charge on any atom is 0.230 e. The molecular weight excluding hydrogens is 356 g/mol. The molecule has 0 aliphatic rings. The summed E-state index contributed by atoms with van der Waals surface area (Å²) in [6.07, 6.45) is 0.0725. The highest BCUT2D eigenvalue weighted by molar-refractivity contribution is 5.98. The molecular formula is C22H22N2O4. The fourth-order valence-electron chi connectivity index (χ4n) is 2.79. The molecule has 0 saturated heterocycles. The van der Waals surface area contributed by atoms with Gasteiger partial charge >= 0.3 is 0 Å². The van der Waals surface area contributed by atoms with Crippen LogP contribution in [0.15, 0.2) is 46.9 Å². The van der Waals surface area contributed by atoms with Gasteiger partial charge in [0.05, 0.1) is 19.2 Å². The van der Waals surface area contributed by atoms with Crippen LogP contribution in [0.5, 0.6) is 5.75 Å². The Morgan fingerprint density at radius 3 is 2.64 bits per heavy atom. The van der Waals surface area contributed by atoms with Crippen LogP contribution in [0, 0.1) is 13.8 Å². The second-order valence-electron chi connectivity index (χ2n) is 6.56. The number of nitrogens with one attached hydrogen (secondary N) is 1. The van der Waals surface area contributed by atoms with Crippen molar-refractivity contribution in [3.63, 3.8) is 0 Å². The SMILES string of the molecule is COc1cccc(-c2nc(CC(=O)Nc3cc(C(C)=O)ccc3C)c(C)o2)c1. The predicted octanol–water partition coefficient (Wildman–Crippen LogP) is 4.35. The number of benzene rings is 2. The zero-order valence-corrected chi connectivity index (χ0v) is 16.3. The van der Waals surface area contributed by atoms with Gasteiger partial charge in [-0.3, -0.25) is 9.59 Å². The molecule has 1 amide bonds. The predicted molar refractivity (Wildman–Crippen MR) is 107 cm³/mol. The number of aryl methyl sites for hydroxylation is 2. The number of carbonyl (C=O) groups excluding carboxylic acids is 2. The van der Waals surface area contributed by atoms with Gasteiger partial charge in [-0.15, -0.1) is 0 Å². The molecule has 1 N–H and O–H groups in total. The van der Waals surface area contributed by atoms with Crippen LogP contribution in [-0.2, 0) is 11.2 Å². The second-order valence-corrected chi connectivity index (χ2v) is 6.56. The van der Waals surface area contributed by atoms with Crippen LogP contribution in [0.2, 0.25) is 0 Å². The number of hydrogen-bond acceptors (Lipinski definition) is 5. The number of Topliss-reactive ketones (excluding diaryl/α,β-unsaturated/α-hetero) is 1. The molecule has 144 valence electrons. The van der Waals surface area contributed by atoms with E-state index in [4.69, 9.17) is 9.15 Å². The van der Waals surface area contributed by atoms with Gasteiger partial charge in [-0.1, -0.05) is 18.2 Å². The fourth-order valence-corrected chi connectivity index (χ4v) is 2.79. The molecule has 6 heteroatoms. The smallest absolute Gasteiger partial charge is 0.230 e. The average molecular weight is 378 g/mol. The summed E-state index contributed by atoms with van der Waals surface area (Å²) >= 11 is 0. The average Bonchev–Trinajstić information content (AvgIpc) is 3.03. The lowest BCUT2D eigenvalue weighted by molar-refractivity contribution is -0.115. The molecule has 2 aromatic carbocycles. The Labute approximate surface area is 163 Å². The van der Waals surface area contributed by atoms with Gasteiger partial charge in [0.15, 0.2) is 5.78 Å². The van der Waals surface area contributed by atoms with Crippen molar-refractivity contribution in [1.82, 2.24) is 4.98 Å². The van der Waals surface area contributed by atoms with Gasteiger partial charge in [-0.2, -0.15) is 0 Å². The molecule has 0 radical (unpaired) electrons. The number of methoxy groups -OCH3 is 1. The van der Waals surface area contributed by atoms with Crippen LogP contribution >= 0.6 is 0 Å². The van der Waals surface area contributed by atoms with Gasteiger partial charge < -0.3 is 14.5 Å². The van der Waals surface area contributed by atoms with E-state index in [1.807, 2.05) is 37.3 Å². The van der Waals surface area contributed by atoms with E-state index in [0.717, 1.165) is 11.1 Å². The largest absolute Gasteiger partial charge is 0.497 e. The number of ether oxygens (including phenoxy) is 1. The molecule has 28 heavy (non-hydrogen) atoms. The molecule has 0 saturated carbocycles. The van der Waals surface area contributed by atoms with Crippen molar-refractivity contribution in [2.45, 2.75) is 27.2 Å². The van der Waals surface area contributed by atoms with E-state index in [1.54, 1.807) is 26.2 Å². The molecule has 0 aliphatic carbocycles. The van der Waals surface area contributed by atoms with Gasteiger partial charge in [-0.05, 0) is 50.6 Å². The van der Waals surface area contributed by atoms with Gasteiger partial charge in [-0.25, -0.2) is 4.98 Å². The van der Waals surface area contributed by atoms with Crippen LogP contribution < -0.4 is 10.1 Å². The number of anilines is 1. The quantitative estimate of drug-likeness (QED) is 0.645. The molecule has 6 nitrogen and oxygen atoms in total. The Hall–Kier alpha value is -3.41. The minimum Gasteiger partial charge on any atom is -0.497 e. The van der Waals surface area contributed by atoms with Crippen molar-refractivity contribution in [2.75, 3.05) is 12.4 Å². The third-order valence-corrected chi connectivity index (χ3v) is 4.46. The Bertz CT molecular complexity index is 1040. The number of carbonyl (C=O) groups is 2. The number of rotatable bonds is 6. The van der Waals surface area contributed by atoms with E-state index >= 15 is 0 Å². The molecule has 3 rings (SSSR count). The molecule has 0 fully saturated rings. The highest BCUT2D eigenvalue weighted by Crippen LogP contribution is 2.25. The van der Waals surface area contributed by atoms with Crippen LogP contribution in [-0.4, -0.2) is 23.8 Å². The lowest BCUT2D eigenvalue weighted by atomic mass is 10.1. The third-order valence-electron chi connectivity index (χ3n) is 4.46. The lowest BCUT2D eigenvalue weighted by Gasteiger charge is -2.09. The minimum atomic E-state index is -0.225. The van der Waals surface area contributed by atoms with E-state index < -0.39 is 0 Å². The van der Waals surface area contributed by atoms with Crippen molar-refractivity contribution in [3.05, 3.63) is 65.0 Å². The normalized spacial score (nSPS) is 10.6. The summed E-state index contributed by atoms with van der Waals surface area (Å²) < 4.78 is 11.0. The third kappa shape index (κ3) is 4.28. The van der Waals surface area contributed by atoms with Gasteiger partial charge in [0.1, 0.15) is 11.5 Å². The highest BCUT2D eigenvalue weighted by atomic mass is 16.5. The molecule has 1 aromatic heterocycles. The summed E-state index contributed by atoms with van der Waals surface area (Å²) in [4.78, 5) is 28.6. The first-order valence-corrected chi connectivity index (χ1v) is 8.89. The van der Waals surface area contributed by atoms with Crippen LogP contribution in [0.3, 0.4) is 0 Å². The summed E-state index contributed by atoms with van der Waals surface area (Å²) in [5, 5.41) is 2.86. The zero-order chi connectivity index (χ0) is 20.3. The van der Waals surface area contributed by atoms with Gasteiger partial charge in [0.25, 0.3) is 0 Å². The summed E-state index contributed by atoms with van der Waals surface area (Å²) in [6, 6.07) is 12.6. The van der Waals surface area contributed by atoms with E-state index in [9.17, 15) is 9.59 Å². The van der Waals surface area contributed by atoms with Crippen molar-refractivity contribution < 1.29 is 18.7 Å². The first kappa shape index (κ1) is 19.4. The second kappa shape index (κ2) is 8.08. The van der Waals surface area contributed by atoms with Gasteiger partial charge in [0, 0.05) is 16.8 Å². The summed E-state index contributed by atoms with van der Waals surface area (Å²) in [5.41, 5.74) is 3.40. The molecule has 3 aromatic rings. The van der Waals surface area contributed by atoms with Crippen LogP contribution in [0.1, 0.15) is 34.3 Å². The van der Waals surface area contributed by atoms with Gasteiger partial charge in [0.2, 0.25) is 11.8 Å². The topological polar surface area (TPSA) is 81.4 Å². The number of hydrogen-bond donors (Lipinski definition) is 1. The Morgan fingerprint density at radius 2 is 1.93 bits per heavy atom. The van der Waals surface area contributed by atoms with E-state index in [2.05, 4.69) is 10.3 Å². The fraction of sp³-hybridized carbons (Fsp3) is 0.227. The Balaban J connectivity index is 1.77. The van der Waals surface area contributed by atoms with Crippen molar-refractivity contribution in [1.29, 1.82) is 0 Å². The van der Waals surface area contributed by atoms with E-state index in [0.29, 0.717) is 34.3 Å². The molecule has 0 atom stereocenters. The number of amides is 1. The van der Waals surface area contributed by atoms with Crippen LogP contribution in [0.25, 0.3) is 11.5 Å². The van der Waals surface area contributed by atoms with E-state index in [1.165, 1.54) is 6.92 Å². The number of aromatic nitrogens is 1. The number of oxazole rings is 1. The lowest BCUT2D eigenvalue weighted by Crippen LogP contribution is -2.16. The highest BCUT2D eigenvalue weighted by Gasteiger charge is 2.16. The number of ketones is 1.